The minimum atomic E-state index is -4.31. The molecule has 0 heterocycles. The first kappa shape index (κ1) is 17.6. The van der Waals surface area contributed by atoms with Gasteiger partial charge in [0.2, 0.25) is 0 Å². The van der Waals surface area contributed by atoms with Gasteiger partial charge in [0, 0.05) is 0 Å². The Kier molecular flexibility index (Phi) is 5.76. The van der Waals surface area contributed by atoms with Gasteiger partial charge in [-0.25, -0.2) is 9.52 Å². The summed E-state index contributed by atoms with van der Waals surface area (Å²) < 4.78 is 31.3. The molecule has 0 saturated heterocycles. The molecule has 0 spiro atoms. The molecule has 0 saturated carbocycles. The van der Waals surface area contributed by atoms with E-state index in [2.05, 4.69) is 4.74 Å². The minimum Gasteiger partial charge on any atom is -0.480 e. The van der Waals surface area contributed by atoms with E-state index in [4.69, 9.17) is 5.11 Å². The van der Waals surface area contributed by atoms with Crippen LogP contribution in [-0.4, -0.2) is 37.7 Å². The lowest BCUT2D eigenvalue weighted by Gasteiger charge is -2.27. The van der Waals surface area contributed by atoms with Crippen LogP contribution in [-0.2, 0) is 19.7 Å². The highest BCUT2D eigenvalue weighted by Crippen LogP contribution is 2.19. The van der Waals surface area contributed by atoms with E-state index in [0.29, 0.717) is 0 Å². The maximum absolute atomic E-state index is 11.6. The molecule has 1 atom stereocenters. The molecule has 0 fully saturated rings. The average molecular weight is 296 g/mol. The first-order valence-corrected chi connectivity index (χ1v) is 7.07. The molecular formula is C10H20N2O6S. The number of ether oxygens (including phenoxy) is 1. The Bertz CT molecular complexity index is 437. The second-order valence-corrected chi connectivity index (χ2v) is 6.76. The van der Waals surface area contributed by atoms with Gasteiger partial charge in [0.25, 0.3) is 0 Å². The molecule has 0 aromatic rings. The van der Waals surface area contributed by atoms with Gasteiger partial charge in [-0.1, -0.05) is 20.8 Å². The molecule has 1 amide bonds. The number of carboxylic acids is 1. The standard InChI is InChI=1S/C10H20N2O6S/c1-6(2)18-9(15)12-19(16,17)11-7(8(13)14)10(3,4)5/h6-7,11H,1-5H3,(H,12,15)(H,13,14)/t7-/m1/s1. The molecule has 0 unspecified atom stereocenters. The topological polar surface area (TPSA) is 122 Å². The van der Waals surface area contributed by atoms with Gasteiger partial charge in [-0.15, -0.1) is 0 Å². The van der Waals surface area contributed by atoms with Crippen LogP contribution in [0.5, 0.6) is 0 Å². The maximum atomic E-state index is 11.6. The van der Waals surface area contributed by atoms with Crippen LogP contribution >= 0.6 is 0 Å². The van der Waals surface area contributed by atoms with Crippen LogP contribution in [0, 0.1) is 5.41 Å². The van der Waals surface area contributed by atoms with Gasteiger partial charge in [-0.05, 0) is 19.3 Å². The molecule has 9 heteroatoms. The van der Waals surface area contributed by atoms with Crippen molar-refractivity contribution in [2.45, 2.75) is 46.8 Å². The summed E-state index contributed by atoms with van der Waals surface area (Å²) in [6.07, 6.45) is -1.66. The molecule has 0 aliphatic rings. The Balaban J connectivity index is 4.85. The van der Waals surface area contributed by atoms with Crippen molar-refractivity contribution in [1.82, 2.24) is 9.44 Å². The van der Waals surface area contributed by atoms with Gasteiger partial charge in [-0.3, -0.25) is 4.79 Å². The molecule has 0 aliphatic heterocycles. The lowest BCUT2D eigenvalue weighted by atomic mass is 9.88. The highest BCUT2D eigenvalue weighted by molar-refractivity contribution is 7.88. The summed E-state index contributed by atoms with van der Waals surface area (Å²) >= 11 is 0. The maximum Gasteiger partial charge on any atom is 0.422 e. The van der Waals surface area contributed by atoms with Gasteiger partial charge >= 0.3 is 22.3 Å². The average Bonchev–Trinajstić information content (AvgIpc) is 2.09. The minimum absolute atomic E-state index is 0.493. The normalized spacial score (nSPS) is 14.0. The fourth-order valence-corrected chi connectivity index (χ4v) is 2.22. The Hall–Kier alpha value is -1.35. The SMILES string of the molecule is CC(C)OC(=O)NS(=O)(=O)N[C@H](C(=O)O)C(C)(C)C. The van der Waals surface area contributed by atoms with Gasteiger partial charge in [-0.2, -0.15) is 13.1 Å². The number of nitrogens with one attached hydrogen (secondary N) is 2. The quantitative estimate of drug-likeness (QED) is 0.677. The molecule has 0 bridgehead atoms. The van der Waals surface area contributed by atoms with E-state index in [0.717, 1.165) is 0 Å². The molecule has 0 aromatic carbocycles. The molecule has 19 heavy (non-hydrogen) atoms. The van der Waals surface area contributed by atoms with Crippen molar-refractivity contribution < 1.29 is 27.9 Å². The van der Waals surface area contributed by atoms with Crippen LogP contribution in [0.3, 0.4) is 0 Å². The Morgan fingerprint density at radius 1 is 1.21 bits per heavy atom. The number of hydrogen-bond donors (Lipinski definition) is 3. The predicted molar refractivity (Wildman–Crippen MR) is 67.7 cm³/mol. The van der Waals surface area contributed by atoms with Gasteiger partial charge in [0.15, 0.2) is 0 Å². The van der Waals surface area contributed by atoms with E-state index in [9.17, 15) is 18.0 Å². The largest absolute Gasteiger partial charge is 0.480 e. The number of rotatable bonds is 5. The number of amides is 1. The van der Waals surface area contributed by atoms with Gasteiger partial charge < -0.3 is 9.84 Å². The lowest BCUT2D eigenvalue weighted by Crippen LogP contribution is -2.53. The number of aliphatic carboxylic acids is 1. The first-order chi connectivity index (χ1) is 8.35. The van der Waals surface area contributed by atoms with Crippen LogP contribution in [0.2, 0.25) is 0 Å². The molecule has 112 valence electrons. The van der Waals surface area contributed by atoms with Crippen molar-refractivity contribution in [3.8, 4) is 0 Å². The van der Waals surface area contributed by atoms with Crippen molar-refractivity contribution in [1.29, 1.82) is 0 Å². The summed E-state index contributed by atoms with van der Waals surface area (Å²) in [7, 11) is -4.31. The second-order valence-electron chi connectivity index (χ2n) is 5.31. The van der Waals surface area contributed by atoms with E-state index in [1.165, 1.54) is 0 Å². The van der Waals surface area contributed by atoms with Crippen molar-refractivity contribution in [2.75, 3.05) is 0 Å². The molecule has 0 radical (unpaired) electrons. The number of hydrogen-bond acceptors (Lipinski definition) is 5. The Labute approximate surface area is 112 Å². The smallest absolute Gasteiger partial charge is 0.422 e. The summed E-state index contributed by atoms with van der Waals surface area (Å²) in [5.74, 6) is -1.34. The van der Waals surface area contributed by atoms with Crippen LogP contribution in [0.15, 0.2) is 0 Å². The second kappa shape index (κ2) is 6.20. The van der Waals surface area contributed by atoms with E-state index in [1.807, 2.05) is 4.72 Å². The zero-order chi connectivity index (χ0) is 15.4. The van der Waals surface area contributed by atoms with Crippen LogP contribution in [0.25, 0.3) is 0 Å². The molecular weight excluding hydrogens is 276 g/mol. The zero-order valence-corrected chi connectivity index (χ0v) is 12.4. The van der Waals surface area contributed by atoms with Crippen molar-refractivity contribution in [2.24, 2.45) is 5.41 Å². The molecule has 8 nitrogen and oxygen atoms in total. The molecule has 0 aromatic heterocycles. The number of carbonyl (C=O) groups is 2. The number of carbonyl (C=O) groups excluding carboxylic acids is 1. The van der Waals surface area contributed by atoms with Crippen molar-refractivity contribution in [3.63, 3.8) is 0 Å². The van der Waals surface area contributed by atoms with Gasteiger partial charge in [0.1, 0.15) is 6.04 Å². The fraction of sp³-hybridized carbons (Fsp3) is 0.800. The zero-order valence-electron chi connectivity index (χ0n) is 11.6. The van der Waals surface area contributed by atoms with E-state index in [1.54, 1.807) is 39.3 Å². The summed E-state index contributed by atoms with van der Waals surface area (Å²) in [6.45, 7) is 7.77. The van der Waals surface area contributed by atoms with Crippen molar-refractivity contribution >= 4 is 22.3 Å². The fourth-order valence-electron chi connectivity index (χ4n) is 1.13. The van der Waals surface area contributed by atoms with E-state index < -0.39 is 39.8 Å². The Morgan fingerprint density at radius 2 is 1.68 bits per heavy atom. The molecule has 0 aliphatic carbocycles. The summed E-state index contributed by atoms with van der Waals surface area (Å²) in [5.41, 5.74) is -0.859. The van der Waals surface area contributed by atoms with Crippen LogP contribution < -0.4 is 9.44 Å². The monoisotopic (exact) mass is 296 g/mol. The van der Waals surface area contributed by atoms with Crippen LogP contribution in [0.1, 0.15) is 34.6 Å². The highest BCUT2D eigenvalue weighted by atomic mass is 32.2. The van der Waals surface area contributed by atoms with E-state index >= 15 is 0 Å². The third kappa shape index (κ3) is 6.97. The van der Waals surface area contributed by atoms with Crippen LogP contribution in [0.4, 0.5) is 4.79 Å². The number of carboxylic acid groups (broad SMARTS) is 1. The summed E-state index contributed by atoms with van der Waals surface area (Å²) in [4.78, 5) is 22.2. The molecule has 3 N–H and O–H groups in total. The van der Waals surface area contributed by atoms with Gasteiger partial charge in [0.05, 0.1) is 6.10 Å². The first-order valence-electron chi connectivity index (χ1n) is 5.58. The lowest BCUT2D eigenvalue weighted by molar-refractivity contribution is -0.141. The third-order valence-corrected chi connectivity index (χ3v) is 2.93. The van der Waals surface area contributed by atoms with Crippen molar-refractivity contribution in [3.05, 3.63) is 0 Å². The van der Waals surface area contributed by atoms with E-state index in [-0.39, 0.29) is 0 Å². The Morgan fingerprint density at radius 3 is 2.00 bits per heavy atom. The highest BCUT2D eigenvalue weighted by Gasteiger charge is 2.35. The molecule has 0 rings (SSSR count). The summed E-state index contributed by atoms with van der Waals surface area (Å²) in [5, 5.41) is 8.98. The summed E-state index contributed by atoms with van der Waals surface area (Å²) in [6, 6.07) is -1.38. The predicted octanol–water partition coefficient (Wildman–Crippen LogP) is 0.455. The third-order valence-electron chi connectivity index (χ3n) is 1.95.